The molecule has 2 aliphatic rings. The molecule has 0 aromatic carbocycles. The van der Waals surface area contributed by atoms with Crippen molar-refractivity contribution in [1.82, 2.24) is 10.6 Å². The van der Waals surface area contributed by atoms with Crippen LogP contribution in [-0.4, -0.2) is 38.2 Å². The summed E-state index contributed by atoms with van der Waals surface area (Å²) in [5.74, 6) is 0.0462. The fourth-order valence-electron chi connectivity index (χ4n) is 2.83. The highest BCUT2D eigenvalue weighted by molar-refractivity contribution is 7.85. The lowest BCUT2D eigenvalue weighted by Gasteiger charge is -2.32. The van der Waals surface area contributed by atoms with E-state index in [1.54, 1.807) is 25.3 Å². The van der Waals surface area contributed by atoms with Gasteiger partial charge in [-0.15, -0.1) is 0 Å². The van der Waals surface area contributed by atoms with Gasteiger partial charge in [-0.2, -0.15) is 8.42 Å². The molecule has 0 aromatic rings. The Labute approximate surface area is 142 Å². The molecule has 8 heteroatoms. The van der Waals surface area contributed by atoms with Crippen molar-refractivity contribution in [1.29, 1.82) is 0 Å². The lowest BCUT2D eigenvalue weighted by Crippen LogP contribution is -2.46. The predicted octanol–water partition coefficient (Wildman–Crippen LogP) is 1.64. The Hall–Kier alpha value is -1.05. The number of hydrogen-bond acceptors (Lipinski definition) is 5. The molecule has 0 unspecified atom stereocenters. The molecule has 1 heterocycles. The summed E-state index contributed by atoms with van der Waals surface area (Å²) >= 11 is 6.29. The normalized spacial score (nSPS) is 31.2. The molecule has 1 amide bonds. The van der Waals surface area contributed by atoms with Gasteiger partial charge in [0.05, 0.1) is 18.4 Å². The van der Waals surface area contributed by atoms with Crippen molar-refractivity contribution in [2.45, 2.75) is 43.6 Å². The molecule has 2 N–H and O–H groups in total. The van der Waals surface area contributed by atoms with Crippen molar-refractivity contribution >= 4 is 27.6 Å². The van der Waals surface area contributed by atoms with Crippen molar-refractivity contribution in [3.63, 3.8) is 0 Å². The Morgan fingerprint density at radius 3 is 2.65 bits per heavy atom. The average Bonchev–Trinajstić information content (AvgIpc) is 2.45. The molecule has 0 aromatic heterocycles. The zero-order valence-electron chi connectivity index (χ0n) is 13.3. The molecule has 1 fully saturated rings. The summed E-state index contributed by atoms with van der Waals surface area (Å²) in [7, 11) is -3.39. The number of carbonyl (C=O) groups excluding carboxylic acids is 1. The highest BCUT2D eigenvalue weighted by atomic mass is 35.5. The third-order valence-electron chi connectivity index (χ3n) is 4.16. The summed E-state index contributed by atoms with van der Waals surface area (Å²) in [6, 6.07) is 0.0799. The number of nitrogens with one attached hydrogen (secondary N) is 2. The molecule has 0 radical (unpaired) electrons. The molecule has 1 atom stereocenters. The van der Waals surface area contributed by atoms with Crippen LogP contribution in [0.5, 0.6) is 0 Å². The minimum absolute atomic E-state index is 0.0799. The number of dihydropyridines is 1. The highest BCUT2D eigenvalue weighted by Crippen LogP contribution is 2.27. The van der Waals surface area contributed by atoms with Gasteiger partial charge in [-0.3, -0.25) is 8.98 Å². The van der Waals surface area contributed by atoms with E-state index in [4.69, 9.17) is 15.8 Å². The Morgan fingerprint density at radius 2 is 2.09 bits per heavy atom. The zero-order valence-corrected chi connectivity index (χ0v) is 14.9. The first-order valence-corrected chi connectivity index (χ1v) is 9.86. The minimum atomic E-state index is -3.39. The van der Waals surface area contributed by atoms with Crippen molar-refractivity contribution in [3.8, 4) is 0 Å². The van der Waals surface area contributed by atoms with Crippen LogP contribution in [0.2, 0.25) is 0 Å². The molecule has 6 nitrogen and oxygen atoms in total. The molecule has 1 aliphatic heterocycles. The first-order chi connectivity index (χ1) is 10.7. The van der Waals surface area contributed by atoms with E-state index in [0.29, 0.717) is 5.57 Å². The van der Waals surface area contributed by atoms with Gasteiger partial charge in [0, 0.05) is 6.04 Å². The first kappa shape index (κ1) is 18.3. The van der Waals surface area contributed by atoms with Crippen molar-refractivity contribution in [2.24, 2.45) is 5.92 Å². The van der Waals surface area contributed by atoms with Crippen LogP contribution < -0.4 is 10.6 Å². The molecule has 2 rings (SSSR count). The summed E-state index contributed by atoms with van der Waals surface area (Å²) < 4.78 is 26.9. The van der Waals surface area contributed by atoms with Gasteiger partial charge in [0.1, 0.15) is 5.00 Å². The van der Waals surface area contributed by atoms with E-state index in [9.17, 15) is 13.2 Å². The number of carbonyl (C=O) groups is 1. The Morgan fingerprint density at radius 1 is 1.43 bits per heavy atom. The standard InChI is InChI=1S/C15H23ClN2O4S/c1-15(16)13(4-3-9-17-15)14(19)18-12-7-5-11(6-8-12)10-22-23(2,20)21/h3-4,9,11-12,17H,5-8,10H2,1-2H3,(H,18,19)/t11?,12?,15-/m1/s1. The molecular weight excluding hydrogens is 340 g/mol. The van der Waals surface area contributed by atoms with E-state index in [2.05, 4.69) is 10.6 Å². The molecule has 0 saturated heterocycles. The van der Waals surface area contributed by atoms with Crippen molar-refractivity contribution in [3.05, 3.63) is 23.9 Å². The maximum atomic E-state index is 12.4. The second-order valence-electron chi connectivity index (χ2n) is 6.27. The monoisotopic (exact) mass is 362 g/mol. The summed E-state index contributed by atoms with van der Waals surface area (Å²) in [5, 5.41) is 5.96. The minimum Gasteiger partial charge on any atom is -0.369 e. The van der Waals surface area contributed by atoms with E-state index >= 15 is 0 Å². The lowest BCUT2D eigenvalue weighted by atomic mass is 9.86. The summed E-state index contributed by atoms with van der Waals surface area (Å²) in [6.07, 6.45) is 9.49. The van der Waals surface area contributed by atoms with Gasteiger partial charge >= 0.3 is 0 Å². The predicted molar refractivity (Wildman–Crippen MR) is 89.3 cm³/mol. The third kappa shape index (κ3) is 5.51. The summed E-state index contributed by atoms with van der Waals surface area (Å²) in [5.41, 5.74) is 0.490. The second kappa shape index (κ2) is 7.23. The largest absolute Gasteiger partial charge is 0.369 e. The molecule has 23 heavy (non-hydrogen) atoms. The number of hydrogen-bond donors (Lipinski definition) is 2. The SMILES string of the molecule is C[C@@]1(Cl)NC=CC=C1C(=O)NC1CCC(COS(C)(=O)=O)CC1. The van der Waals surface area contributed by atoms with Crippen LogP contribution in [0.3, 0.4) is 0 Å². The van der Waals surface area contributed by atoms with E-state index < -0.39 is 15.1 Å². The van der Waals surface area contributed by atoms with E-state index in [0.717, 1.165) is 31.9 Å². The van der Waals surface area contributed by atoms with Crippen LogP contribution in [0.15, 0.2) is 23.9 Å². The van der Waals surface area contributed by atoms with E-state index in [1.165, 1.54) is 0 Å². The van der Waals surface area contributed by atoms with Gasteiger partial charge in [-0.1, -0.05) is 11.6 Å². The Bertz CT molecular complexity index is 605. The summed E-state index contributed by atoms with van der Waals surface area (Å²) in [6.45, 7) is 1.96. The number of amides is 1. The zero-order chi connectivity index (χ0) is 17.1. The Balaban J connectivity index is 1.81. The second-order valence-corrected chi connectivity index (χ2v) is 8.67. The van der Waals surface area contributed by atoms with Gasteiger partial charge in [0.25, 0.3) is 16.0 Å². The topological polar surface area (TPSA) is 84.5 Å². The van der Waals surface area contributed by atoms with Crippen molar-refractivity contribution in [2.75, 3.05) is 12.9 Å². The van der Waals surface area contributed by atoms with Crippen LogP contribution in [0, 0.1) is 5.92 Å². The van der Waals surface area contributed by atoms with Crippen LogP contribution >= 0.6 is 11.6 Å². The van der Waals surface area contributed by atoms with Crippen LogP contribution in [0.1, 0.15) is 32.6 Å². The molecule has 0 bridgehead atoms. The lowest BCUT2D eigenvalue weighted by molar-refractivity contribution is -0.118. The van der Waals surface area contributed by atoms with Crippen LogP contribution in [0.4, 0.5) is 0 Å². The Kier molecular flexibility index (Phi) is 5.75. The average molecular weight is 363 g/mol. The number of alkyl halides is 1. The fourth-order valence-corrected chi connectivity index (χ4v) is 3.48. The molecule has 130 valence electrons. The van der Waals surface area contributed by atoms with Crippen LogP contribution in [0.25, 0.3) is 0 Å². The van der Waals surface area contributed by atoms with Gasteiger partial charge in [0.2, 0.25) is 0 Å². The van der Waals surface area contributed by atoms with Gasteiger partial charge < -0.3 is 10.6 Å². The highest BCUT2D eigenvalue weighted by Gasteiger charge is 2.33. The van der Waals surface area contributed by atoms with E-state index in [-0.39, 0.29) is 24.5 Å². The smallest absolute Gasteiger partial charge is 0.264 e. The number of rotatable bonds is 5. The first-order valence-electron chi connectivity index (χ1n) is 7.66. The fraction of sp³-hybridized carbons (Fsp3) is 0.667. The maximum Gasteiger partial charge on any atom is 0.264 e. The third-order valence-corrected chi connectivity index (χ3v) is 5.04. The van der Waals surface area contributed by atoms with Gasteiger partial charge in [-0.05, 0) is 56.9 Å². The molecule has 1 aliphatic carbocycles. The molecule has 0 spiro atoms. The molecule has 1 saturated carbocycles. The molecular formula is C15H23ClN2O4S. The van der Waals surface area contributed by atoms with Crippen LogP contribution in [-0.2, 0) is 19.1 Å². The maximum absolute atomic E-state index is 12.4. The number of halogens is 1. The quantitative estimate of drug-likeness (QED) is 0.441. The van der Waals surface area contributed by atoms with E-state index in [1.807, 2.05) is 0 Å². The van der Waals surface area contributed by atoms with Gasteiger partial charge in [-0.25, -0.2) is 0 Å². The van der Waals surface area contributed by atoms with Crippen molar-refractivity contribution < 1.29 is 17.4 Å². The van der Waals surface area contributed by atoms with Gasteiger partial charge in [0.15, 0.2) is 0 Å². The summed E-state index contributed by atoms with van der Waals surface area (Å²) in [4.78, 5) is 11.5. The number of allylic oxidation sites excluding steroid dienone is 2.